The van der Waals surface area contributed by atoms with E-state index in [0.29, 0.717) is 30.9 Å². The third kappa shape index (κ3) is 2.97. The summed E-state index contributed by atoms with van der Waals surface area (Å²) in [7, 11) is 0. The third-order valence-corrected chi connectivity index (χ3v) is 6.42. The molecule has 8 heteroatoms. The maximum Gasteiger partial charge on any atom is 0.274 e. The number of amides is 2. The van der Waals surface area contributed by atoms with Gasteiger partial charge in [0.1, 0.15) is 5.69 Å². The molecule has 2 aliphatic heterocycles. The van der Waals surface area contributed by atoms with Gasteiger partial charge in [0.2, 0.25) is 0 Å². The SMILES string of the molecule is O=C(c1cc2ccccc2[nH]1)N1CCc2[nH]nc(C(=O)N3CCSCC3)c2C1. The number of H-pyrrole nitrogens is 2. The number of benzene rings is 1. The molecule has 5 rings (SSSR count). The van der Waals surface area contributed by atoms with E-state index in [1.807, 2.05) is 47.0 Å². The Kier molecular flexibility index (Phi) is 4.35. The van der Waals surface area contributed by atoms with Gasteiger partial charge in [-0.2, -0.15) is 16.9 Å². The summed E-state index contributed by atoms with van der Waals surface area (Å²) in [6, 6.07) is 9.74. The number of hydrogen-bond acceptors (Lipinski definition) is 4. The zero-order chi connectivity index (χ0) is 19.1. The molecule has 0 spiro atoms. The second kappa shape index (κ2) is 7.01. The average Bonchev–Trinajstić information content (AvgIpc) is 3.37. The van der Waals surface area contributed by atoms with Gasteiger partial charge in [0.25, 0.3) is 11.8 Å². The van der Waals surface area contributed by atoms with Gasteiger partial charge in [-0.25, -0.2) is 0 Å². The van der Waals surface area contributed by atoms with E-state index in [1.165, 1.54) is 0 Å². The monoisotopic (exact) mass is 395 g/mol. The molecule has 4 heterocycles. The maximum atomic E-state index is 13.0. The van der Waals surface area contributed by atoms with Gasteiger partial charge in [0.05, 0.1) is 6.54 Å². The molecule has 7 nitrogen and oxygen atoms in total. The highest BCUT2D eigenvalue weighted by Crippen LogP contribution is 2.24. The van der Waals surface area contributed by atoms with Gasteiger partial charge in [-0.05, 0) is 12.1 Å². The lowest BCUT2D eigenvalue weighted by molar-refractivity contribution is 0.0714. The number of aromatic amines is 2. The normalized spacial score (nSPS) is 17.0. The molecule has 0 aliphatic carbocycles. The van der Waals surface area contributed by atoms with Gasteiger partial charge < -0.3 is 14.8 Å². The van der Waals surface area contributed by atoms with Gasteiger partial charge in [0.15, 0.2) is 5.69 Å². The van der Waals surface area contributed by atoms with Crippen LogP contribution in [0.3, 0.4) is 0 Å². The Morgan fingerprint density at radius 2 is 1.86 bits per heavy atom. The van der Waals surface area contributed by atoms with E-state index >= 15 is 0 Å². The van der Waals surface area contributed by atoms with Crippen LogP contribution < -0.4 is 0 Å². The van der Waals surface area contributed by atoms with Crippen molar-refractivity contribution in [2.24, 2.45) is 0 Å². The summed E-state index contributed by atoms with van der Waals surface area (Å²) in [4.78, 5) is 32.8. The first kappa shape index (κ1) is 17.4. The maximum absolute atomic E-state index is 13.0. The number of aromatic nitrogens is 3. The third-order valence-electron chi connectivity index (χ3n) is 5.48. The lowest BCUT2D eigenvalue weighted by Crippen LogP contribution is -2.40. The Balaban J connectivity index is 1.39. The molecular weight excluding hydrogens is 374 g/mol. The van der Waals surface area contributed by atoms with Crippen molar-refractivity contribution >= 4 is 34.5 Å². The smallest absolute Gasteiger partial charge is 0.274 e. The van der Waals surface area contributed by atoms with Crippen molar-refractivity contribution in [2.45, 2.75) is 13.0 Å². The van der Waals surface area contributed by atoms with Crippen LogP contribution in [0, 0.1) is 0 Å². The van der Waals surface area contributed by atoms with Crippen LogP contribution in [0.5, 0.6) is 0 Å². The molecule has 1 saturated heterocycles. The molecule has 0 unspecified atom stereocenters. The summed E-state index contributed by atoms with van der Waals surface area (Å²) >= 11 is 1.87. The van der Waals surface area contributed by atoms with Crippen molar-refractivity contribution in [3.63, 3.8) is 0 Å². The second-order valence-electron chi connectivity index (χ2n) is 7.18. The minimum atomic E-state index is -0.0455. The molecule has 28 heavy (non-hydrogen) atoms. The number of nitrogens with zero attached hydrogens (tertiary/aromatic N) is 3. The van der Waals surface area contributed by atoms with E-state index in [9.17, 15) is 9.59 Å². The van der Waals surface area contributed by atoms with Crippen LogP contribution in [-0.4, -0.2) is 67.9 Å². The molecule has 144 valence electrons. The highest BCUT2D eigenvalue weighted by molar-refractivity contribution is 7.99. The van der Waals surface area contributed by atoms with Crippen LogP contribution in [0.15, 0.2) is 30.3 Å². The number of rotatable bonds is 2. The molecule has 1 aromatic carbocycles. The van der Waals surface area contributed by atoms with Crippen molar-refractivity contribution in [2.75, 3.05) is 31.1 Å². The number of para-hydroxylation sites is 1. The van der Waals surface area contributed by atoms with E-state index in [2.05, 4.69) is 15.2 Å². The zero-order valence-corrected chi connectivity index (χ0v) is 16.2. The number of hydrogen-bond donors (Lipinski definition) is 2. The molecule has 2 N–H and O–H groups in total. The fourth-order valence-corrected chi connectivity index (χ4v) is 4.82. The Hall–Kier alpha value is -2.74. The number of thioether (sulfide) groups is 1. The topological polar surface area (TPSA) is 85.1 Å². The summed E-state index contributed by atoms with van der Waals surface area (Å²) in [5.41, 5.74) is 3.82. The molecular formula is C20H21N5O2S. The number of carbonyl (C=O) groups excluding carboxylic acids is 2. The van der Waals surface area contributed by atoms with E-state index in [4.69, 9.17) is 0 Å². The minimum absolute atomic E-state index is 0.0299. The Labute approximate surface area is 166 Å². The van der Waals surface area contributed by atoms with Crippen LogP contribution in [0.1, 0.15) is 32.2 Å². The van der Waals surface area contributed by atoms with Crippen LogP contribution >= 0.6 is 11.8 Å². The molecule has 2 amide bonds. The fourth-order valence-electron chi connectivity index (χ4n) is 3.92. The highest BCUT2D eigenvalue weighted by atomic mass is 32.2. The molecule has 3 aromatic rings. The summed E-state index contributed by atoms with van der Waals surface area (Å²) in [5.74, 6) is 1.85. The van der Waals surface area contributed by atoms with Crippen molar-refractivity contribution in [3.05, 3.63) is 53.0 Å². The largest absolute Gasteiger partial charge is 0.351 e. The standard InChI is InChI=1S/C20H21N5O2S/c26-19(17-11-13-3-1-2-4-15(13)21-17)25-6-5-16-14(12-25)18(23-22-16)20(27)24-7-9-28-10-8-24/h1-4,11,21H,5-10,12H2,(H,22,23). The lowest BCUT2D eigenvalue weighted by Gasteiger charge is -2.28. The van der Waals surface area contributed by atoms with Crippen molar-refractivity contribution in [3.8, 4) is 0 Å². The molecule has 1 fully saturated rings. The van der Waals surface area contributed by atoms with Crippen molar-refractivity contribution < 1.29 is 9.59 Å². The van der Waals surface area contributed by atoms with Crippen LogP contribution in [0.2, 0.25) is 0 Å². The number of carbonyl (C=O) groups is 2. The first-order valence-electron chi connectivity index (χ1n) is 9.51. The van der Waals surface area contributed by atoms with Gasteiger partial charge in [-0.3, -0.25) is 14.7 Å². The van der Waals surface area contributed by atoms with Crippen LogP contribution in [0.4, 0.5) is 0 Å². The first-order chi connectivity index (χ1) is 13.7. The quantitative estimate of drug-likeness (QED) is 0.697. The lowest BCUT2D eigenvalue weighted by atomic mass is 10.0. The van der Waals surface area contributed by atoms with E-state index in [1.54, 1.807) is 4.90 Å². The molecule has 0 atom stereocenters. The van der Waals surface area contributed by atoms with Crippen molar-refractivity contribution in [1.82, 2.24) is 25.0 Å². The molecule has 0 radical (unpaired) electrons. The second-order valence-corrected chi connectivity index (χ2v) is 8.41. The molecule has 0 saturated carbocycles. The van der Waals surface area contributed by atoms with E-state index < -0.39 is 0 Å². The van der Waals surface area contributed by atoms with Crippen LogP contribution in [-0.2, 0) is 13.0 Å². The van der Waals surface area contributed by atoms with Gasteiger partial charge >= 0.3 is 0 Å². The predicted octanol–water partition coefficient (Wildman–Crippen LogP) is 2.28. The molecule has 2 aromatic heterocycles. The average molecular weight is 395 g/mol. The first-order valence-corrected chi connectivity index (χ1v) is 10.7. The fraction of sp³-hybridized carbons (Fsp3) is 0.350. The van der Waals surface area contributed by atoms with Crippen molar-refractivity contribution in [1.29, 1.82) is 0 Å². The number of nitrogens with one attached hydrogen (secondary N) is 2. The van der Waals surface area contributed by atoms with Crippen LogP contribution in [0.25, 0.3) is 10.9 Å². The Bertz CT molecular complexity index is 1020. The molecule has 0 bridgehead atoms. The number of fused-ring (bicyclic) bond motifs is 2. The highest BCUT2D eigenvalue weighted by Gasteiger charge is 2.31. The predicted molar refractivity (Wildman–Crippen MR) is 109 cm³/mol. The zero-order valence-electron chi connectivity index (χ0n) is 15.4. The Morgan fingerprint density at radius 3 is 2.68 bits per heavy atom. The summed E-state index contributed by atoms with van der Waals surface area (Å²) in [5, 5.41) is 8.34. The van der Waals surface area contributed by atoms with E-state index in [0.717, 1.165) is 46.8 Å². The van der Waals surface area contributed by atoms with Gasteiger partial charge in [0, 0.05) is 59.7 Å². The van der Waals surface area contributed by atoms with Gasteiger partial charge in [-0.1, -0.05) is 18.2 Å². The minimum Gasteiger partial charge on any atom is -0.351 e. The molecule has 2 aliphatic rings. The summed E-state index contributed by atoms with van der Waals surface area (Å²) < 4.78 is 0. The van der Waals surface area contributed by atoms with E-state index in [-0.39, 0.29) is 11.8 Å². The summed E-state index contributed by atoms with van der Waals surface area (Å²) in [6.45, 7) is 2.52. The van der Waals surface area contributed by atoms with Gasteiger partial charge in [-0.15, -0.1) is 0 Å². The summed E-state index contributed by atoms with van der Waals surface area (Å²) in [6.07, 6.45) is 0.678. The Morgan fingerprint density at radius 1 is 1.04 bits per heavy atom.